The molecule has 0 aromatic heterocycles. The molecule has 1 saturated heterocycles. The van der Waals surface area contributed by atoms with Gasteiger partial charge in [-0.1, -0.05) is 51.1 Å². The van der Waals surface area contributed by atoms with Gasteiger partial charge in [-0.3, -0.25) is 9.69 Å². The summed E-state index contributed by atoms with van der Waals surface area (Å²) >= 11 is 0. The molecule has 1 aliphatic heterocycles. The molecule has 1 aliphatic rings. The molecule has 2 amide bonds. The van der Waals surface area contributed by atoms with Crippen LogP contribution in [0.2, 0.25) is 0 Å². The lowest BCUT2D eigenvalue weighted by molar-refractivity contribution is -0.121. The van der Waals surface area contributed by atoms with E-state index in [1.165, 1.54) is 5.56 Å². The minimum absolute atomic E-state index is 0.0566. The van der Waals surface area contributed by atoms with Crippen molar-refractivity contribution in [2.45, 2.75) is 38.7 Å². The number of para-hydroxylation sites is 1. The van der Waals surface area contributed by atoms with Gasteiger partial charge in [0.05, 0.1) is 26.1 Å². The Morgan fingerprint density at radius 2 is 1.83 bits per heavy atom. The molecule has 0 saturated carbocycles. The maximum absolute atomic E-state index is 12.2. The summed E-state index contributed by atoms with van der Waals surface area (Å²) in [5.41, 5.74) is 2.06. The predicted octanol–water partition coefficient (Wildman–Crippen LogP) is 3.89. The Labute approximate surface area is 171 Å². The Morgan fingerprint density at radius 3 is 2.48 bits per heavy atom. The molecule has 3 rings (SSSR count). The van der Waals surface area contributed by atoms with Crippen LogP contribution in [0.3, 0.4) is 0 Å². The molecule has 1 heterocycles. The Morgan fingerprint density at radius 1 is 1.14 bits per heavy atom. The fraction of sp³-hybridized carbons (Fsp3) is 0.391. The summed E-state index contributed by atoms with van der Waals surface area (Å²) in [6.07, 6.45) is -0.517. The zero-order valence-electron chi connectivity index (χ0n) is 17.2. The van der Waals surface area contributed by atoms with Crippen LogP contribution < -0.4 is 15.0 Å². The van der Waals surface area contributed by atoms with E-state index < -0.39 is 0 Å². The second kappa shape index (κ2) is 8.99. The average Bonchev–Trinajstić information content (AvgIpc) is 3.07. The van der Waals surface area contributed by atoms with E-state index in [1.54, 1.807) is 4.90 Å². The second-order valence-electron chi connectivity index (χ2n) is 8.13. The van der Waals surface area contributed by atoms with E-state index in [0.717, 1.165) is 11.4 Å². The minimum atomic E-state index is -0.389. The molecule has 0 radical (unpaired) electrons. The molecule has 154 valence electrons. The molecule has 0 aliphatic carbocycles. The molecule has 1 fully saturated rings. The summed E-state index contributed by atoms with van der Waals surface area (Å²) in [5.74, 6) is 0.600. The smallest absolute Gasteiger partial charge is 0.414 e. The number of benzene rings is 2. The predicted molar refractivity (Wildman–Crippen MR) is 112 cm³/mol. The third-order valence-corrected chi connectivity index (χ3v) is 4.79. The summed E-state index contributed by atoms with van der Waals surface area (Å²) in [5, 5.41) is 2.81. The average molecular weight is 396 g/mol. The summed E-state index contributed by atoms with van der Waals surface area (Å²) in [6.45, 7) is 7.44. The van der Waals surface area contributed by atoms with Gasteiger partial charge in [-0.05, 0) is 35.2 Å². The van der Waals surface area contributed by atoms with Gasteiger partial charge in [-0.2, -0.15) is 0 Å². The number of cyclic esters (lactones) is 1. The maximum Gasteiger partial charge on any atom is 0.414 e. The molecule has 0 spiro atoms. The maximum atomic E-state index is 12.2. The SMILES string of the molecule is CC(C)(C)c1ccc(N2CC(CNC(=O)CCOc3ccccc3)OC2=O)cc1. The van der Waals surface area contributed by atoms with Gasteiger partial charge in [-0.25, -0.2) is 4.79 Å². The third-order valence-electron chi connectivity index (χ3n) is 4.79. The molecule has 6 heteroatoms. The van der Waals surface area contributed by atoms with Crippen LogP contribution in [0.25, 0.3) is 0 Å². The number of rotatable bonds is 7. The van der Waals surface area contributed by atoms with E-state index in [2.05, 4.69) is 26.1 Å². The molecule has 1 unspecified atom stereocenters. The normalized spacial score (nSPS) is 16.4. The fourth-order valence-corrected chi connectivity index (χ4v) is 3.07. The Hall–Kier alpha value is -3.02. The minimum Gasteiger partial charge on any atom is -0.493 e. The number of carbonyl (C=O) groups excluding carboxylic acids is 2. The quantitative estimate of drug-likeness (QED) is 0.771. The molecule has 1 N–H and O–H groups in total. The molecule has 2 aromatic carbocycles. The topological polar surface area (TPSA) is 67.9 Å². The van der Waals surface area contributed by atoms with Crippen LogP contribution in [-0.4, -0.2) is 37.8 Å². The molecule has 6 nitrogen and oxygen atoms in total. The van der Waals surface area contributed by atoms with E-state index in [-0.39, 0.29) is 36.5 Å². The number of hydrogen-bond acceptors (Lipinski definition) is 4. The van der Waals surface area contributed by atoms with E-state index in [9.17, 15) is 9.59 Å². The number of nitrogens with one attached hydrogen (secondary N) is 1. The third kappa shape index (κ3) is 5.73. The van der Waals surface area contributed by atoms with Crippen molar-refractivity contribution in [2.24, 2.45) is 0 Å². The molecular formula is C23H28N2O4. The summed E-state index contributed by atoms with van der Waals surface area (Å²) < 4.78 is 10.9. The van der Waals surface area contributed by atoms with Crippen LogP contribution in [-0.2, 0) is 14.9 Å². The largest absolute Gasteiger partial charge is 0.493 e. The van der Waals surface area contributed by atoms with Crippen molar-refractivity contribution in [2.75, 3.05) is 24.6 Å². The van der Waals surface area contributed by atoms with Crippen LogP contribution >= 0.6 is 0 Å². The van der Waals surface area contributed by atoms with Crippen LogP contribution in [0, 0.1) is 0 Å². The summed E-state index contributed by atoms with van der Waals surface area (Å²) in [7, 11) is 0. The first-order chi connectivity index (χ1) is 13.8. The van der Waals surface area contributed by atoms with Gasteiger partial charge in [0.25, 0.3) is 0 Å². The molecule has 0 bridgehead atoms. The van der Waals surface area contributed by atoms with E-state index in [4.69, 9.17) is 9.47 Å². The number of carbonyl (C=O) groups is 2. The number of nitrogens with zero attached hydrogens (tertiary/aromatic N) is 1. The van der Waals surface area contributed by atoms with Crippen molar-refractivity contribution in [3.63, 3.8) is 0 Å². The zero-order chi connectivity index (χ0) is 20.9. The van der Waals surface area contributed by atoms with Gasteiger partial charge < -0.3 is 14.8 Å². The summed E-state index contributed by atoms with van der Waals surface area (Å²) in [4.78, 5) is 25.8. The van der Waals surface area contributed by atoms with Crippen molar-refractivity contribution in [3.8, 4) is 5.75 Å². The van der Waals surface area contributed by atoms with Gasteiger partial charge >= 0.3 is 6.09 Å². The standard InChI is InChI=1S/C23H28N2O4/c1-23(2,3)17-9-11-18(12-10-17)25-16-20(29-22(25)27)15-24-21(26)13-14-28-19-7-5-4-6-8-19/h4-12,20H,13-16H2,1-3H3,(H,24,26). The Balaban J connectivity index is 1.43. The van der Waals surface area contributed by atoms with Gasteiger partial charge in [0.1, 0.15) is 11.9 Å². The van der Waals surface area contributed by atoms with Crippen molar-refractivity contribution in [1.82, 2.24) is 5.32 Å². The molecule has 29 heavy (non-hydrogen) atoms. The first kappa shape index (κ1) is 20.7. The van der Waals surface area contributed by atoms with E-state index in [0.29, 0.717) is 13.2 Å². The Bertz CT molecular complexity index is 828. The molecular weight excluding hydrogens is 368 g/mol. The highest BCUT2D eigenvalue weighted by Gasteiger charge is 2.32. The highest BCUT2D eigenvalue weighted by Crippen LogP contribution is 2.27. The van der Waals surface area contributed by atoms with Crippen LogP contribution in [0.4, 0.5) is 10.5 Å². The van der Waals surface area contributed by atoms with E-state index in [1.807, 2.05) is 54.6 Å². The van der Waals surface area contributed by atoms with Crippen LogP contribution in [0.5, 0.6) is 5.75 Å². The van der Waals surface area contributed by atoms with Crippen LogP contribution in [0.15, 0.2) is 54.6 Å². The Kier molecular flexibility index (Phi) is 6.42. The van der Waals surface area contributed by atoms with Gasteiger partial charge in [-0.15, -0.1) is 0 Å². The lowest BCUT2D eigenvalue weighted by atomic mass is 9.87. The fourth-order valence-electron chi connectivity index (χ4n) is 3.07. The highest BCUT2D eigenvalue weighted by molar-refractivity contribution is 5.89. The molecule has 1 atom stereocenters. The van der Waals surface area contributed by atoms with Gasteiger partial charge in [0, 0.05) is 5.69 Å². The van der Waals surface area contributed by atoms with Crippen molar-refractivity contribution >= 4 is 17.7 Å². The number of ether oxygens (including phenoxy) is 2. The summed E-state index contributed by atoms with van der Waals surface area (Å²) in [6, 6.07) is 17.3. The zero-order valence-corrected chi connectivity index (χ0v) is 17.2. The van der Waals surface area contributed by atoms with Crippen molar-refractivity contribution < 1.29 is 19.1 Å². The lowest BCUT2D eigenvalue weighted by Gasteiger charge is -2.20. The number of amides is 2. The van der Waals surface area contributed by atoms with E-state index >= 15 is 0 Å². The van der Waals surface area contributed by atoms with Crippen molar-refractivity contribution in [1.29, 1.82) is 0 Å². The van der Waals surface area contributed by atoms with Crippen LogP contribution in [0.1, 0.15) is 32.8 Å². The number of anilines is 1. The monoisotopic (exact) mass is 396 g/mol. The number of hydrogen-bond donors (Lipinski definition) is 1. The first-order valence-corrected chi connectivity index (χ1v) is 9.86. The van der Waals surface area contributed by atoms with Crippen molar-refractivity contribution in [3.05, 3.63) is 60.2 Å². The highest BCUT2D eigenvalue weighted by atomic mass is 16.6. The molecule has 2 aromatic rings. The van der Waals surface area contributed by atoms with Gasteiger partial charge in [0.15, 0.2) is 0 Å². The first-order valence-electron chi connectivity index (χ1n) is 9.86. The lowest BCUT2D eigenvalue weighted by Crippen LogP contribution is -2.35. The van der Waals surface area contributed by atoms with Gasteiger partial charge in [0.2, 0.25) is 5.91 Å². The second-order valence-corrected chi connectivity index (χ2v) is 8.13.